The molecule has 0 bridgehead atoms. The zero-order chi connectivity index (χ0) is 11.9. The summed E-state index contributed by atoms with van der Waals surface area (Å²) in [4.78, 5) is 7.04. The van der Waals surface area contributed by atoms with Crippen molar-refractivity contribution >= 4 is 5.95 Å². The molecule has 1 heterocycles. The van der Waals surface area contributed by atoms with Crippen LogP contribution in [0.5, 0.6) is 0 Å². The third-order valence-corrected chi connectivity index (χ3v) is 2.90. The van der Waals surface area contributed by atoms with Gasteiger partial charge in [0, 0.05) is 5.69 Å². The normalized spacial score (nSPS) is 10.6. The van der Waals surface area contributed by atoms with Gasteiger partial charge in [-0.2, -0.15) is 0 Å². The van der Waals surface area contributed by atoms with E-state index < -0.39 is 0 Å². The van der Waals surface area contributed by atoms with Crippen molar-refractivity contribution in [3.8, 4) is 0 Å². The molecule has 3 heteroatoms. The Balaban J connectivity index is 1.61. The van der Waals surface area contributed by atoms with Crippen molar-refractivity contribution in [3.63, 3.8) is 0 Å². The van der Waals surface area contributed by atoms with Gasteiger partial charge in [-0.1, -0.05) is 36.8 Å². The molecule has 0 saturated heterocycles. The topological polar surface area (TPSA) is 54.7 Å². The van der Waals surface area contributed by atoms with Gasteiger partial charge < -0.3 is 10.7 Å². The molecule has 2 aromatic rings. The summed E-state index contributed by atoms with van der Waals surface area (Å²) in [7, 11) is 0. The van der Waals surface area contributed by atoms with Crippen LogP contribution in [0.25, 0.3) is 0 Å². The average molecular weight is 229 g/mol. The molecule has 0 amide bonds. The Morgan fingerprint density at radius 2 is 1.76 bits per heavy atom. The fourth-order valence-corrected chi connectivity index (χ4v) is 1.97. The van der Waals surface area contributed by atoms with E-state index in [4.69, 9.17) is 5.73 Å². The summed E-state index contributed by atoms with van der Waals surface area (Å²) in [5, 5.41) is 0. The number of nitrogens with two attached hydrogens (primary N) is 1. The Morgan fingerprint density at radius 1 is 1.00 bits per heavy atom. The van der Waals surface area contributed by atoms with Crippen molar-refractivity contribution in [2.75, 3.05) is 5.73 Å². The summed E-state index contributed by atoms with van der Waals surface area (Å²) in [5.74, 6) is 0.518. The van der Waals surface area contributed by atoms with Crippen LogP contribution in [0.15, 0.2) is 36.5 Å². The van der Waals surface area contributed by atoms with E-state index >= 15 is 0 Å². The monoisotopic (exact) mass is 229 g/mol. The number of aryl methyl sites for hydroxylation is 2. The van der Waals surface area contributed by atoms with Gasteiger partial charge in [0.05, 0.1) is 6.20 Å². The van der Waals surface area contributed by atoms with Gasteiger partial charge in [-0.3, -0.25) is 0 Å². The van der Waals surface area contributed by atoms with E-state index in [0.717, 1.165) is 12.1 Å². The van der Waals surface area contributed by atoms with E-state index in [-0.39, 0.29) is 0 Å². The lowest BCUT2D eigenvalue weighted by atomic mass is 10.1. The number of nitrogens with zero attached hydrogens (tertiary/aromatic N) is 1. The number of aromatic amines is 1. The Labute approximate surface area is 102 Å². The maximum absolute atomic E-state index is 5.52. The number of unbranched alkanes of at least 4 members (excludes halogenated alkanes) is 2. The number of nitrogen functional groups attached to an aromatic ring is 1. The lowest BCUT2D eigenvalue weighted by Crippen LogP contribution is -1.90. The fourth-order valence-electron chi connectivity index (χ4n) is 1.97. The van der Waals surface area contributed by atoms with Crippen molar-refractivity contribution in [2.24, 2.45) is 0 Å². The third kappa shape index (κ3) is 3.94. The Kier molecular flexibility index (Phi) is 4.19. The van der Waals surface area contributed by atoms with Gasteiger partial charge in [-0.15, -0.1) is 0 Å². The quantitative estimate of drug-likeness (QED) is 0.748. The number of imidazole rings is 1. The van der Waals surface area contributed by atoms with E-state index in [0.29, 0.717) is 5.95 Å². The highest BCUT2D eigenvalue weighted by atomic mass is 15.0. The van der Waals surface area contributed by atoms with E-state index in [2.05, 4.69) is 40.3 Å². The van der Waals surface area contributed by atoms with Crippen LogP contribution in [-0.4, -0.2) is 9.97 Å². The molecule has 0 aliphatic rings. The molecule has 0 spiro atoms. The highest BCUT2D eigenvalue weighted by molar-refractivity contribution is 5.18. The largest absolute Gasteiger partial charge is 0.369 e. The maximum atomic E-state index is 5.52. The first-order valence-corrected chi connectivity index (χ1v) is 6.18. The molecule has 0 fully saturated rings. The summed E-state index contributed by atoms with van der Waals surface area (Å²) < 4.78 is 0. The molecule has 0 atom stereocenters. The molecule has 2 rings (SSSR count). The molecule has 3 N–H and O–H groups in total. The van der Waals surface area contributed by atoms with Crippen LogP contribution in [0.1, 0.15) is 30.5 Å². The lowest BCUT2D eigenvalue weighted by molar-refractivity contribution is 0.673. The van der Waals surface area contributed by atoms with Crippen LogP contribution in [0.4, 0.5) is 5.95 Å². The molecular formula is C14H19N3. The molecule has 1 aromatic heterocycles. The summed E-state index contributed by atoms with van der Waals surface area (Å²) in [5.41, 5.74) is 8.09. The second kappa shape index (κ2) is 6.09. The van der Waals surface area contributed by atoms with Crippen LogP contribution < -0.4 is 5.73 Å². The average Bonchev–Trinajstić information content (AvgIpc) is 2.76. The molecule has 90 valence electrons. The molecule has 0 radical (unpaired) electrons. The smallest absolute Gasteiger partial charge is 0.197 e. The number of hydrogen-bond acceptors (Lipinski definition) is 2. The van der Waals surface area contributed by atoms with E-state index in [1.807, 2.05) is 6.20 Å². The maximum Gasteiger partial charge on any atom is 0.197 e. The number of nitrogens with one attached hydrogen (secondary N) is 1. The molecule has 17 heavy (non-hydrogen) atoms. The van der Waals surface area contributed by atoms with Gasteiger partial charge in [0.25, 0.3) is 0 Å². The van der Waals surface area contributed by atoms with Crippen molar-refractivity contribution in [1.82, 2.24) is 9.97 Å². The molecular weight excluding hydrogens is 210 g/mol. The van der Waals surface area contributed by atoms with Crippen LogP contribution in [0, 0.1) is 0 Å². The highest BCUT2D eigenvalue weighted by Gasteiger charge is 1.97. The predicted octanol–water partition coefficient (Wildman–Crippen LogP) is 2.95. The van der Waals surface area contributed by atoms with Crippen molar-refractivity contribution in [2.45, 2.75) is 32.1 Å². The Morgan fingerprint density at radius 3 is 2.47 bits per heavy atom. The first kappa shape index (κ1) is 11.7. The number of H-pyrrole nitrogens is 1. The summed E-state index contributed by atoms with van der Waals surface area (Å²) in [6.45, 7) is 0. The molecule has 3 nitrogen and oxygen atoms in total. The molecule has 0 saturated carbocycles. The van der Waals surface area contributed by atoms with Gasteiger partial charge in [0.2, 0.25) is 0 Å². The minimum Gasteiger partial charge on any atom is -0.369 e. The number of benzene rings is 1. The number of hydrogen-bond donors (Lipinski definition) is 2. The minimum absolute atomic E-state index is 0.518. The van der Waals surface area contributed by atoms with Gasteiger partial charge in [0.1, 0.15) is 0 Å². The first-order chi connectivity index (χ1) is 8.34. The number of rotatable bonds is 6. The number of anilines is 1. The first-order valence-electron chi connectivity index (χ1n) is 6.18. The Hall–Kier alpha value is -1.77. The van der Waals surface area contributed by atoms with E-state index in [1.54, 1.807) is 0 Å². The zero-order valence-corrected chi connectivity index (χ0v) is 10.0. The Bertz CT molecular complexity index is 434. The van der Waals surface area contributed by atoms with Crippen LogP contribution in [0.2, 0.25) is 0 Å². The summed E-state index contributed by atoms with van der Waals surface area (Å²) >= 11 is 0. The van der Waals surface area contributed by atoms with Gasteiger partial charge in [-0.05, 0) is 31.2 Å². The minimum atomic E-state index is 0.518. The second-order valence-corrected chi connectivity index (χ2v) is 4.34. The third-order valence-electron chi connectivity index (χ3n) is 2.90. The van der Waals surface area contributed by atoms with Crippen LogP contribution in [0.3, 0.4) is 0 Å². The van der Waals surface area contributed by atoms with Gasteiger partial charge >= 0.3 is 0 Å². The summed E-state index contributed by atoms with van der Waals surface area (Å²) in [6, 6.07) is 10.6. The van der Waals surface area contributed by atoms with E-state index in [1.165, 1.54) is 31.2 Å². The van der Waals surface area contributed by atoms with Crippen LogP contribution >= 0.6 is 0 Å². The molecule has 0 unspecified atom stereocenters. The van der Waals surface area contributed by atoms with Crippen molar-refractivity contribution in [1.29, 1.82) is 0 Å². The summed E-state index contributed by atoms with van der Waals surface area (Å²) in [6.07, 6.45) is 7.72. The highest BCUT2D eigenvalue weighted by Crippen LogP contribution is 2.09. The second-order valence-electron chi connectivity index (χ2n) is 4.34. The fraction of sp³-hybridized carbons (Fsp3) is 0.357. The van der Waals surface area contributed by atoms with Crippen molar-refractivity contribution in [3.05, 3.63) is 47.8 Å². The zero-order valence-electron chi connectivity index (χ0n) is 10.0. The molecule has 0 aliphatic carbocycles. The van der Waals surface area contributed by atoms with Gasteiger partial charge in [0.15, 0.2) is 5.95 Å². The lowest BCUT2D eigenvalue weighted by Gasteiger charge is -2.01. The van der Waals surface area contributed by atoms with Gasteiger partial charge in [-0.25, -0.2) is 4.98 Å². The predicted molar refractivity (Wildman–Crippen MR) is 70.7 cm³/mol. The van der Waals surface area contributed by atoms with E-state index in [9.17, 15) is 0 Å². The van der Waals surface area contributed by atoms with Crippen molar-refractivity contribution < 1.29 is 0 Å². The van der Waals surface area contributed by atoms with Crippen LogP contribution in [-0.2, 0) is 12.8 Å². The number of aromatic nitrogens is 2. The molecule has 1 aromatic carbocycles. The molecule has 0 aliphatic heterocycles. The SMILES string of the molecule is Nc1ncc(CCCCCc2ccccc2)[nH]1. The standard InChI is InChI=1S/C14H19N3/c15-14-16-11-13(17-14)10-6-2-5-9-12-7-3-1-4-8-12/h1,3-4,7-8,11H,2,5-6,9-10H2,(H3,15,16,17).